The summed E-state index contributed by atoms with van der Waals surface area (Å²) in [5.41, 5.74) is 1.86. The Bertz CT molecular complexity index is 357. The predicted molar refractivity (Wildman–Crippen MR) is 75.6 cm³/mol. The van der Waals surface area contributed by atoms with Crippen molar-refractivity contribution in [2.75, 3.05) is 20.3 Å². The van der Waals surface area contributed by atoms with Gasteiger partial charge in [0.15, 0.2) is 0 Å². The Morgan fingerprint density at radius 3 is 2.39 bits per heavy atom. The zero-order valence-corrected chi connectivity index (χ0v) is 11.8. The first kappa shape index (κ1) is 13.6. The summed E-state index contributed by atoms with van der Waals surface area (Å²) >= 11 is 0. The van der Waals surface area contributed by atoms with Crippen molar-refractivity contribution in [3.63, 3.8) is 0 Å². The van der Waals surface area contributed by atoms with Crippen LogP contribution in [0.1, 0.15) is 38.3 Å². The number of hydrogen-bond donors (Lipinski definition) is 1. The third-order valence-corrected chi connectivity index (χ3v) is 4.35. The molecule has 0 saturated heterocycles. The summed E-state index contributed by atoms with van der Waals surface area (Å²) in [6.07, 6.45) is 2.73. The Balaban J connectivity index is 1.95. The van der Waals surface area contributed by atoms with Crippen LogP contribution in [0.5, 0.6) is 0 Å². The van der Waals surface area contributed by atoms with E-state index in [1.165, 1.54) is 18.4 Å². The maximum atomic E-state index is 5.34. The highest BCUT2D eigenvalue weighted by molar-refractivity contribution is 5.19. The molecular weight excluding hydrogens is 222 g/mol. The van der Waals surface area contributed by atoms with Crippen molar-refractivity contribution >= 4 is 0 Å². The van der Waals surface area contributed by atoms with E-state index in [9.17, 15) is 0 Å². The molecule has 2 rings (SSSR count). The van der Waals surface area contributed by atoms with Crippen molar-refractivity contribution in [1.82, 2.24) is 5.32 Å². The van der Waals surface area contributed by atoms with Crippen molar-refractivity contribution < 1.29 is 4.74 Å². The predicted octanol–water partition coefficient (Wildman–Crippen LogP) is 3.40. The van der Waals surface area contributed by atoms with E-state index in [-0.39, 0.29) is 0 Å². The molecule has 1 aliphatic rings. The molecule has 0 aromatic heterocycles. The second kappa shape index (κ2) is 5.85. The third kappa shape index (κ3) is 3.12. The maximum Gasteiger partial charge on any atom is 0.0657 e. The van der Waals surface area contributed by atoms with Gasteiger partial charge in [-0.05, 0) is 29.7 Å². The smallest absolute Gasteiger partial charge is 0.0657 e. The molecule has 1 atom stereocenters. The SMILES string of the molecule is COCC(NCC1(C(C)C)CC1)c1ccccc1. The van der Waals surface area contributed by atoms with Gasteiger partial charge in [0.2, 0.25) is 0 Å². The first-order valence-corrected chi connectivity index (χ1v) is 6.95. The molecule has 0 heterocycles. The molecule has 18 heavy (non-hydrogen) atoms. The zero-order valence-electron chi connectivity index (χ0n) is 11.8. The number of rotatable bonds is 7. The highest BCUT2D eigenvalue weighted by atomic mass is 16.5. The van der Waals surface area contributed by atoms with Gasteiger partial charge in [-0.2, -0.15) is 0 Å². The molecule has 0 amide bonds. The zero-order chi connectivity index (χ0) is 13.0. The van der Waals surface area contributed by atoms with Crippen LogP contribution < -0.4 is 5.32 Å². The van der Waals surface area contributed by atoms with Gasteiger partial charge < -0.3 is 10.1 Å². The first-order valence-electron chi connectivity index (χ1n) is 6.95. The number of benzene rings is 1. The van der Waals surface area contributed by atoms with E-state index in [1.807, 2.05) is 0 Å². The van der Waals surface area contributed by atoms with Crippen molar-refractivity contribution in [3.8, 4) is 0 Å². The third-order valence-electron chi connectivity index (χ3n) is 4.35. The lowest BCUT2D eigenvalue weighted by molar-refractivity contribution is 0.160. The molecule has 0 bridgehead atoms. The van der Waals surface area contributed by atoms with Gasteiger partial charge in [-0.3, -0.25) is 0 Å². The van der Waals surface area contributed by atoms with E-state index in [0.717, 1.165) is 19.1 Å². The van der Waals surface area contributed by atoms with E-state index in [0.29, 0.717) is 11.5 Å². The fourth-order valence-electron chi connectivity index (χ4n) is 2.57. The summed E-state index contributed by atoms with van der Waals surface area (Å²) < 4.78 is 5.34. The summed E-state index contributed by atoms with van der Waals surface area (Å²) in [7, 11) is 1.77. The van der Waals surface area contributed by atoms with E-state index in [1.54, 1.807) is 7.11 Å². The average molecular weight is 247 g/mol. The summed E-state index contributed by atoms with van der Waals surface area (Å²) in [6, 6.07) is 10.9. The largest absolute Gasteiger partial charge is 0.383 e. The van der Waals surface area contributed by atoms with Crippen LogP contribution >= 0.6 is 0 Å². The van der Waals surface area contributed by atoms with Gasteiger partial charge >= 0.3 is 0 Å². The fourth-order valence-corrected chi connectivity index (χ4v) is 2.57. The summed E-state index contributed by atoms with van der Waals surface area (Å²) in [4.78, 5) is 0. The topological polar surface area (TPSA) is 21.3 Å². The molecule has 1 N–H and O–H groups in total. The standard InChI is InChI=1S/C16H25NO/c1-13(2)16(9-10-16)12-17-15(11-18-3)14-7-5-4-6-8-14/h4-8,13,15,17H,9-12H2,1-3H3. The second-order valence-electron chi connectivity index (χ2n) is 5.82. The minimum atomic E-state index is 0.312. The molecular formula is C16H25NO. The number of ether oxygens (including phenoxy) is 1. The average Bonchev–Trinajstić information content (AvgIpc) is 3.17. The highest BCUT2D eigenvalue weighted by Crippen LogP contribution is 2.51. The molecule has 2 nitrogen and oxygen atoms in total. The van der Waals surface area contributed by atoms with Crippen molar-refractivity contribution in [3.05, 3.63) is 35.9 Å². The molecule has 0 radical (unpaired) electrons. The lowest BCUT2D eigenvalue weighted by atomic mass is 9.92. The fraction of sp³-hybridized carbons (Fsp3) is 0.625. The molecule has 1 fully saturated rings. The molecule has 1 aromatic carbocycles. The quantitative estimate of drug-likeness (QED) is 0.797. The summed E-state index contributed by atoms with van der Waals surface area (Å²) in [5, 5.41) is 3.70. The molecule has 0 spiro atoms. The van der Waals surface area contributed by atoms with Crippen LogP contribution in [-0.2, 0) is 4.74 Å². The van der Waals surface area contributed by atoms with E-state index in [2.05, 4.69) is 49.5 Å². The molecule has 1 unspecified atom stereocenters. The van der Waals surface area contributed by atoms with Gasteiger partial charge in [0.25, 0.3) is 0 Å². The van der Waals surface area contributed by atoms with Crippen LogP contribution in [0, 0.1) is 11.3 Å². The van der Waals surface area contributed by atoms with Crippen LogP contribution in [0.2, 0.25) is 0 Å². The van der Waals surface area contributed by atoms with Crippen molar-refractivity contribution in [1.29, 1.82) is 0 Å². The van der Waals surface area contributed by atoms with Crippen molar-refractivity contribution in [2.24, 2.45) is 11.3 Å². The van der Waals surface area contributed by atoms with Crippen LogP contribution in [0.4, 0.5) is 0 Å². The Morgan fingerprint density at radius 2 is 1.89 bits per heavy atom. The van der Waals surface area contributed by atoms with Crippen LogP contribution in [0.15, 0.2) is 30.3 Å². The molecule has 1 aromatic rings. The maximum absolute atomic E-state index is 5.34. The molecule has 1 aliphatic carbocycles. The van der Waals surface area contributed by atoms with E-state index >= 15 is 0 Å². The van der Waals surface area contributed by atoms with E-state index in [4.69, 9.17) is 4.74 Å². The number of hydrogen-bond acceptors (Lipinski definition) is 2. The molecule has 1 saturated carbocycles. The van der Waals surface area contributed by atoms with Gasteiger partial charge in [-0.25, -0.2) is 0 Å². The van der Waals surface area contributed by atoms with Gasteiger partial charge in [0.1, 0.15) is 0 Å². The lowest BCUT2D eigenvalue weighted by Gasteiger charge is -2.25. The normalized spacial score (nSPS) is 18.9. The van der Waals surface area contributed by atoms with Gasteiger partial charge in [0.05, 0.1) is 12.6 Å². The van der Waals surface area contributed by atoms with Crippen LogP contribution in [0.3, 0.4) is 0 Å². The lowest BCUT2D eigenvalue weighted by Crippen LogP contribution is -2.33. The Labute approximate surface area is 111 Å². The van der Waals surface area contributed by atoms with Crippen LogP contribution in [-0.4, -0.2) is 20.3 Å². The monoisotopic (exact) mass is 247 g/mol. The number of methoxy groups -OCH3 is 1. The second-order valence-corrected chi connectivity index (χ2v) is 5.82. The Hall–Kier alpha value is -0.860. The first-order chi connectivity index (χ1) is 8.68. The summed E-state index contributed by atoms with van der Waals surface area (Å²) in [5.74, 6) is 0.768. The highest BCUT2D eigenvalue weighted by Gasteiger charge is 2.45. The van der Waals surface area contributed by atoms with Gasteiger partial charge in [-0.15, -0.1) is 0 Å². The van der Waals surface area contributed by atoms with E-state index < -0.39 is 0 Å². The molecule has 0 aliphatic heterocycles. The van der Waals surface area contributed by atoms with Crippen molar-refractivity contribution in [2.45, 2.75) is 32.7 Å². The minimum Gasteiger partial charge on any atom is -0.383 e. The molecule has 100 valence electrons. The van der Waals surface area contributed by atoms with Crippen LogP contribution in [0.25, 0.3) is 0 Å². The van der Waals surface area contributed by atoms with Gasteiger partial charge in [0, 0.05) is 13.7 Å². The summed E-state index contributed by atoms with van der Waals surface area (Å²) in [6.45, 7) is 6.51. The van der Waals surface area contributed by atoms with Gasteiger partial charge in [-0.1, -0.05) is 44.2 Å². The Morgan fingerprint density at radius 1 is 1.22 bits per heavy atom. The molecule has 2 heteroatoms. The minimum absolute atomic E-state index is 0.312. The Kier molecular flexibility index (Phi) is 4.41. The number of nitrogens with one attached hydrogen (secondary N) is 1.